The summed E-state index contributed by atoms with van der Waals surface area (Å²) in [6, 6.07) is 7.48. The van der Waals surface area contributed by atoms with Gasteiger partial charge in [-0.1, -0.05) is 17.7 Å². The van der Waals surface area contributed by atoms with Crippen LogP contribution in [0.2, 0.25) is 5.02 Å². The highest BCUT2D eigenvalue weighted by molar-refractivity contribution is 7.89. The van der Waals surface area contributed by atoms with Crippen LogP contribution in [-0.4, -0.2) is 32.7 Å². The zero-order chi connectivity index (χ0) is 14.6. The SMILES string of the molecule is CNS(=O)(=O)CCNCc1ccc(Cl)c2cccnc12. The van der Waals surface area contributed by atoms with Crippen molar-refractivity contribution in [1.29, 1.82) is 0 Å². The number of nitrogens with zero attached hydrogens (tertiary/aromatic N) is 1. The molecular formula is C13H16ClN3O2S. The van der Waals surface area contributed by atoms with Crippen molar-refractivity contribution < 1.29 is 8.42 Å². The fraction of sp³-hybridized carbons (Fsp3) is 0.308. The Bertz CT molecular complexity index is 704. The fourth-order valence-electron chi connectivity index (χ4n) is 1.87. The molecule has 7 heteroatoms. The van der Waals surface area contributed by atoms with E-state index in [1.54, 1.807) is 6.20 Å². The third kappa shape index (κ3) is 3.67. The van der Waals surface area contributed by atoms with E-state index in [1.807, 2.05) is 24.3 Å². The molecule has 0 spiro atoms. The van der Waals surface area contributed by atoms with Gasteiger partial charge in [-0.15, -0.1) is 0 Å². The average Bonchev–Trinajstić information content (AvgIpc) is 2.46. The number of hydrogen-bond acceptors (Lipinski definition) is 4. The van der Waals surface area contributed by atoms with Gasteiger partial charge in [-0.2, -0.15) is 0 Å². The molecule has 0 unspecified atom stereocenters. The highest BCUT2D eigenvalue weighted by Gasteiger charge is 2.07. The highest BCUT2D eigenvalue weighted by atomic mass is 35.5. The second-order valence-electron chi connectivity index (χ2n) is 4.31. The molecule has 2 N–H and O–H groups in total. The molecule has 0 aliphatic carbocycles. The van der Waals surface area contributed by atoms with Crippen LogP contribution in [0.3, 0.4) is 0 Å². The third-order valence-corrected chi connectivity index (χ3v) is 4.67. The molecule has 0 saturated carbocycles. The van der Waals surface area contributed by atoms with Crippen LogP contribution in [0.1, 0.15) is 5.56 Å². The first-order valence-corrected chi connectivity index (χ1v) is 8.20. The van der Waals surface area contributed by atoms with Crippen LogP contribution in [-0.2, 0) is 16.6 Å². The Hall–Kier alpha value is -1.21. The van der Waals surface area contributed by atoms with Crippen LogP contribution < -0.4 is 10.0 Å². The molecule has 0 atom stereocenters. The van der Waals surface area contributed by atoms with Crippen molar-refractivity contribution in [2.45, 2.75) is 6.54 Å². The monoisotopic (exact) mass is 313 g/mol. The Labute approximate surface area is 123 Å². The Morgan fingerprint density at radius 3 is 2.85 bits per heavy atom. The van der Waals surface area contributed by atoms with E-state index < -0.39 is 10.0 Å². The van der Waals surface area contributed by atoms with Crippen molar-refractivity contribution in [2.75, 3.05) is 19.3 Å². The van der Waals surface area contributed by atoms with Crippen molar-refractivity contribution in [2.24, 2.45) is 0 Å². The summed E-state index contributed by atoms with van der Waals surface area (Å²) in [7, 11) is -1.76. The lowest BCUT2D eigenvalue weighted by Crippen LogP contribution is -2.29. The number of fused-ring (bicyclic) bond motifs is 1. The molecule has 108 valence electrons. The largest absolute Gasteiger partial charge is 0.312 e. The molecule has 20 heavy (non-hydrogen) atoms. The molecule has 0 aliphatic heterocycles. The number of sulfonamides is 1. The first-order valence-electron chi connectivity index (χ1n) is 6.17. The van der Waals surface area contributed by atoms with Gasteiger partial charge in [0, 0.05) is 29.7 Å². The molecule has 0 saturated heterocycles. The summed E-state index contributed by atoms with van der Waals surface area (Å²) in [4.78, 5) is 4.33. The Balaban J connectivity index is 2.06. The lowest BCUT2D eigenvalue weighted by atomic mass is 10.1. The van der Waals surface area contributed by atoms with Gasteiger partial charge in [0.05, 0.1) is 11.3 Å². The normalized spacial score (nSPS) is 11.9. The second kappa shape index (κ2) is 6.49. The summed E-state index contributed by atoms with van der Waals surface area (Å²) in [5.41, 5.74) is 1.83. The molecule has 0 aliphatic rings. The van der Waals surface area contributed by atoms with Gasteiger partial charge in [-0.25, -0.2) is 13.1 Å². The summed E-state index contributed by atoms with van der Waals surface area (Å²) in [5, 5.41) is 4.66. The third-order valence-electron chi connectivity index (χ3n) is 2.97. The molecule has 0 amide bonds. The quantitative estimate of drug-likeness (QED) is 0.793. The zero-order valence-electron chi connectivity index (χ0n) is 11.1. The molecule has 1 heterocycles. The van der Waals surface area contributed by atoms with E-state index >= 15 is 0 Å². The number of hydrogen-bond donors (Lipinski definition) is 2. The smallest absolute Gasteiger partial charge is 0.212 e. The Morgan fingerprint density at radius 1 is 1.30 bits per heavy atom. The van der Waals surface area contributed by atoms with Crippen LogP contribution in [0.25, 0.3) is 10.9 Å². The van der Waals surface area contributed by atoms with Crippen molar-refractivity contribution >= 4 is 32.5 Å². The van der Waals surface area contributed by atoms with Gasteiger partial charge in [0.15, 0.2) is 0 Å². The first-order chi connectivity index (χ1) is 9.53. The van der Waals surface area contributed by atoms with E-state index in [4.69, 9.17) is 11.6 Å². The van der Waals surface area contributed by atoms with Gasteiger partial charge in [0.1, 0.15) is 0 Å². The number of nitrogens with one attached hydrogen (secondary N) is 2. The topological polar surface area (TPSA) is 71.1 Å². The minimum atomic E-state index is -3.17. The maximum absolute atomic E-state index is 11.3. The van der Waals surface area contributed by atoms with Gasteiger partial charge in [-0.05, 0) is 30.8 Å². The van der Waals surface area contributed by atoms with E-state index in [1.165, 1.54) is 7.05 Å². The van der Waals surface area contributed by atoms with Gasteiger partial charge in [-0.3, -0.25) is 4.98 Å². The fourth-order valence-corrected chi connectivity index (χ4v) is 2.70. The van der Waals surface area contributed by atoms with Crippen molar-refractivity contribution in [3.05, 3.63) is 41.0 Å². The zero-order valence-corrected chi connectivity index (χ0v) is 12.6. The lowest BCUT2D eigenvalue weighted by molar-refractivity contribution is 0.583. The first kappa shape index (κ1) is 15.2. The predicted molar refractivity (Wildman–Crippen MR) is 81.3 cm³/mol. The van der Waals surface area contributed by atoms with Crippen LogP contribution >= 0.6 is 11.6 Å². The van der Waals surface area contributed by atoms with E-state index in [-0.39, 0.29) is 5.75 Å². The van der Waals surface area contributed by atoms with Crippen molar-refractivity contribution in [1.82, 2.24) is 15.0 Å². The summed E-state index contributed by atoms with van der Waals surface area (Å²) < 4.78 is 24.9. The van der Waals surface area contributed by atoms with E-state index in [2.05, 4.69) is 15.0 Å². The minimum absolute atomic E-state index is 0.0441. The number of halogens is 1. The molecular weight excluding hydrogens is 298 g/mol. The number of benzene rings is 1. The number of pyridine rings is 1. The molecule has 5 nitrogen and oxygen atoms in total. The van der Waals surface area contributed by atoms with Crippen LogP contribution in [0.5, 0.6) is 0 Å². The summed E-state index contributed by atoms with van der Waals surface area (Å²) in [6.45, 7) is 0.921. The van der Waals surface area contributed by atoms with E-state index in [9.17, 15) is 8.42 Å². The maximum atomic E-state index is 11.3. The maximum Gasteiger partial charge on any atom is 0.212 e. The standard InChI is InChI=1S/C13H16ClN3O2S/c1-15-20(18,19)8-7-16-9-10-4-5-12(14)11-3-2-6-17-13(10)11/h2-6,15-16H,7-9H2,1H3. The molecule has 2 aromatic rings. The molecule has 1 aromatic heterocycles. The van der Waals surface area contributed by atoms with Crippen LogP contribution in [0.4, 0.5) is 0 Å². The molecule has 0 radical (unpaired) electrons. The predicted octanol–water partition coefficient (Wildman–Crippen LogP) is 1.53. The van der Waals surface area contributed by atoms with Gasteiger partial charge in [0.25, 0.3) is 0 Å². The molecule has 1 aromatic carbocycles. The van der Waals surface area contributed by atoms with Gasteiger partial charge >= 0.3 is 0 Å². The van der Waals surface area contributed by atoms with Crippen molar-refractivity contribution in [3.63, 3.8) is 0 Å². The average molecular weight is 314 g/mol. The summed E-state index contributed by atoms with van der Waals surface area (Å²) in [6.07, 6.45) is 1.72. The van der Waals surface area contributed by atoms with Crippen LogP contribution in [0, 0.1) is 0 Å². The van der Waals surface area contributed by atoms with Gasteiger partial charge in [0.2, 0.25) is 10.0 Å². The van der Waals surface area contributed by atoms with Crippen molar-refractivity contribution in [3.8, 4) is 0 Å². The Kier molecular flexibility index (Phi) is 4.93. The Morgan fingerprint density at radius 2 is 2.10 bits per heavy atom. The second-order valence-corrected chi connectivity index (χ2v) is 6.76. The van der Waals surface area contributed by atoms with E-state index in [0.29, 0.717) is 18.1 Å². The summed E-state index contributed by atoms with van der Waals surface area (Å²) in [5.74, 6) is 0.0441. The molecule has 0 fully saturated rings. The summed E-state index contributed by atoms with van der Waals surface area (Å²) >= 11 is 6.12. The number of rotatable bonds is 6. The molecule has 0 bridgehead atoms. The highest BCUT2D eigenvalue weighted by Crippen LogP contribution is 2.24. The minimum Gasteiger partial charge on any atom is -0.312 e. The lowest BCUT2D eigenvalue weighted by Gasteiger charge is -2.08. The van der Waals surface area contributed by atoms with Crippen LogP contribution in [0.15, 0.2) is 30.5 Å². The van der Waals surface area contributed by atoms with E-state index in [0.717, 1.165) is 16.5 Å². The molecule has 2 rings (SSSR count). The number of aromatic nitrogens is 1. The van der Waals surface area contributed by atoms with Gasteiger partial charge < -0.3 is 5.32 Å².